The Hall–Kier alpha value is -0.850. The number of nitrogens with zero attached hydrogens (tertiary/aromatic N) is 1. The predicted octanol–water partition coefficient (Wildman–Crippen LogP) is 3.95. The van der Waals surface area contributed by atoms with E-state index >= 15 is 0 Å². The van der Waals surface area contributed by atoms with E-state index in [0.717, 1.165) is 31.7 Å². The van der Waals surface area contributed by atoms with Crippen LogP contribution in [0.3, 0.4) is 0 Å². The number of esters is 1. The third-order valence-corrected chi connectivity index (χ3v) is 7.90. The van der Waals surface area contributed by atoms with Crippen LogP contribution in [-0.2, 0) is 9.53 Å². The fourth-order valence-electron chi connectivity index (χ4n) is 3.93. The highest BCUT2D eigenvalue weighted by molar-refractivity contribution is 8.03. The molecular formula is C21H31NO3S2. The molecular weight excluding hydrogens is 378 g/mol. The van der Waals surface area contributed by atoms with Crippen LogP contribution in [0.1, 0.15) is 26.2 Å². The third kappa shape index (κ3) is 5.81. The molecule has 3 rings (SSSR count). The first-order valence-corrected chi connectivity index (χ1v) is 12.3. The summed E-state index contributed by atoms with van der Waals surface area (Å²) in [6.45, 7) is 4.77. The fraction of sp³-hybridized carbons (Fsp3) is 0.667. The second kappa shape index (κ2) is 10.6. The minimum atomic E-state index is -0.440. The predicted molar refractivity (Wildman–Crippen MR) is 115 cm³/mol. The molecule has 0 aliphatic carbocycles. The molecule has 0 saturated carbocycles. The van der Waals surface area contributed by atoms with Gasteiger partial charge in [-0.2, -0.15) is 23.5 Å². The van der Waals surface area contributed by atoms with Gasteiger partial charge in [-0.3, -0.25) is 9.69 Å². The van der Waals surface area contributed by atoms with Gasteiger partial charge in [-0.1, -0.05) is 18.2 Å². The van der Waals surface area contributed by atoms with E-state index in [9.17, 15) is 4.79 Å². The van der Waals surface area contributed by atoms with E-state index in [4.69, 9.17) is 9.47 Å². The molecule has 150 valence electrons. The van der Waals surface area contributed by atoms with Crippen molar-refractivity contribution in [2.75, 3.05) is 49.3 Å². The van der Waals surface area contributed by atoms with Crippen molar-refractivity contribution < 1.29 is 14.3 Å². The average Bonchev–Trinajstić information content (AvgIpc) is 2.99. The SMILES string of the molecule is CCOC(=O)C1(CCOc2ccccc2)CCCN(C2CSCCSC2)C1. The number of rotatable bonds is 7. The van der Waals surface area contributed by atoms with Crippen LogP contribution in [0.4, 0.5) is 0 Å². The number of hydrogen-bond acceptors (Lipinski definition) is 6. The van der Waals surface area contributed by atoms with Crippen molar-refractivity contribution in [1.29, 1.82) is 0 Å². The Labute approximate surface area is 171 Å². The minimum Gasteiger partial charge on any atom is -0.494 e. The number of ether oxygens (including phenoxy) is 2. The molecule has 2 aliphatic heterocycles. The molecule has 0 radical (unpaired) electrons. The number of carbonyl (C=O) groups is 1. The van der Waals surface area contributed by atoms with Gasteiger partial charge in [-0.25, -0.2) is 0 Å². The largest absolute Gasteiger partial charge is 0.494 e. The van der Waals surface area contributed by atoms with Crippen LogP contribution < -0.4 is 4.74 Å². The normalized spacial score (nSPS) is 24.9. The Morgan fingerprint density at radius 1 is 1.22 bits per heavy atom. The molecule has 1 aromatic rings. The quantitative estimate of drug-likeness (QED) is 0.635. The van der Waals surface area contributed by atoms with Gasteiger partial charge in [0.2, 0.25) is 0 Å². The summed E-state index contributed by atoms with van der Waals surface area (Å²) in [5.74, 6) is 5.64. The van der Waals surface area contributed by atoms with Gasteiger partial charge in [0, 0.05) is 35.6 Å². The first kappa shape index (κ1) is 20.9. The summed E-state index contributed by atoms with van der Waals surface area (Å²) in [5.41, 5.74) is -0.440. The van der Waals surface area contributed by atoms with Gasteiger partial charge in [0.25, 0.3) is 0 Å². The lowest BCUT2D eigenvalue weighted by atomic mass is 9.77. The van der Waals surface area contributed by atoms with Crippen molar-refractivity contribution in [3.63, 3.8) is 0 Å². The number of hydrogen-bond donors (Lipinski definition) is 0. The van der Waals surface area contributed by atoms with Crippen LogP contribution in [0.2, 0.25) is 0 Å². The summed E-state index contributed by atoms with van der Waals surface area (Å²) in [5, 5.41) is 0. The standard InChI is InChI=1S/C21H31NO3S2/c1-2-24-20(23)21(10-12-25-19-7-4-3-5-8-19)9-6-11-22(17-21)18-15-26-13-14-27-16-18/h3-5,7-8,18H,2,6,9-17H2,1H3. The zero-order chi connectivity index (χ0) is 19.0. The molecule has 2 aliphatic rings. The van der Waals surface area contributed by atoms with Crippen molar-refractivity contribution in [2.24, 2.45) is 5.41 Å². The molecule has 27 heavy (non-hydrogen) atoms. The van der Waals surface area contributed by atoms with E-state index in [1.54, 1.807) is 0 Å². The zero-order valence-corrected chi connectivity index (χ0v) is 17.9. The van der Waals surface area contributed by atoms with Crippen LogP contribution in [0.15, 0.2) is 30.3 Å². The van der Waals surface area contributed by atoms with Gasteiger partial charge >= 0.3 is 5.97 Å². The number of benzene rings is 1. The van der Waals surface area contributed by atoms with Gasteiger partial charge < -0.3 is 9.47 Å². The topological polar surface area (TPSA) is 38.8 Å². The summed E-state index contributed by atoms with van der Waals surface area (Å²) in [4.78, 5) is 15.5. The highest BCUT2D eigenvalue weighted by atomic mass is 32.2. The number of thioether (sulfide) groups is 2. The molecule has 4 nitrogen and oxygen atoms in total. The maximum absolute atomic E-state index is 12.9. The molecule has 0 bridgehead atoms. The van der Waals surface area contributed by atoms with Crippen molar-refractivity contribution in [3.05, 3.63) is 30.3 Å². The summed E-state index contributed by atoms with van der Waals surface area (Å²) in [6.07, 6.45) is 2.66. The highest BCUT2D eigenvalue weighted by Gasteiger charge is 2.44. The molecule has 0 amide bonds. The second-order valence-corrected chi connectivity index (χ2v) is 9.59. The lowest BCUT2D eigenvalue weighted by molar-refractivity contribution is -0.160. The highest BCUT2D eigenvalue weighted by Crippen LogP contribution is 2.37. The molecule has 2 fully saturated rings. The molecule has 0 spiro atoms. The van der Waals surface area contributed by atoms with E-state index in [1.165, 1.54) is 23.0 Å². The first-order chi connectivity index (χ1) is 13.2. The van der Waals surface area contributed by atoms with Crippen LogP contribution in [0.5, 0.6) is 5.75 Å². The maximum atomic E-state index is 12.9. The van der Waals surface area contributed by atoms with E-state index < -0.39 is 5.41 Å². The van der Waals surface area contributed by atoms with Crippen molar-refractivity contribution in [1.82, 2.24) is 4.90 Å². The van der Waals surface area contributed by atoms with Gasteiger partial charge in [-0.05, 0) is 44.9 Å². The Kier molecular flexibility index (Phi) is 8.22. The van der Waals surface area contributed by atoms with Crippen molar-refractivity contribution in [2.45, 2.75) is 32.2 Å². The monoisotopic (exact) mass is 409 g/mol. The lowest BCUT2D eigenvalue weighted by Gasteiger charge is -2.44. The molecule has 1 atom stereocenters. The van der Waals surface area contributed by atoms with Crippen molar-refractivity contribution in [3.8, 4) is 5.75 Å². The zero-order valence-electron chi connectivity index (χ0n) is 16.2. The Balaban J connectivity index is 1.66. The van der Waals surface area contributed by atoms with Gasteiger partial charge in [-0.15, -0.1) is 0 Å². The van der Waals surface area contributed by atoms with Crippen LogP contribution in [0, 0.1) is 5.41 Å². The summed E-state index contributed by atoms with van der Waals surface area (Å²) in [7, 11) is 0. The molecule has 1 unspecified atom stereocenters. The number of carbonyl (C=O) groups excluding carboxylic acids is 1. The Morgan fingerprint density at radius 3 is 2.67 bits per heavy atom. The number of para-hydroxylation sites is 1. The number of likely N-dealkylation sites (tertiary alicyclic amines) is 1. The maximum Gasteiger partial charge on any atom is 0.313 e. The Morgan fingerprint density at radius 2 is 1.96 bits per heavy atom. The van der Waals surface area contributed by atoms with Crippen LogP contribution >= 0.6 is 23.5 Å². The lowest BCUT2D eigenvalue weighted by Crippen LogP contribution is -2.53. The molecule has 2 heterocycles. The molecule has 1 aromatic carbocycles. The molecule has 6 heteroatoms. The molecule has 0 N–H and O–H groups in total. The number of piperidine rings is 1. The van der Waals surface area contributed by atoms with E-state index in [2.05, 4.69) is 4.90 Å². The summed E-state index contributed by atoms with van der Waals surface area (Å²) in [6, 6.07) is 10.4. The fourth-order valence-corrected chi connectivity index (χ4v) is 6.56. The van der Waals surface area contributed by atoms with Gasteiger partial charge in [0.15, 0.2) is 0 Å². The van der Waals surface area contributed by atoms with E-state index in [1.807, 2.05) is 60.8 Å². The van der Waals surface area contributed by atoms with E-state index in [0.29, 0.717) is 25.7 Å². The van der Waals surface area contributed by atoms with Crippen LogP contribution in [-0.4, -0.2) is 66.2 Å². The smallest absolute Gasteiger partial charge is 0.313 e. The van der Waals surface area contributed by atoms with Gasteiger partial charge in [0.05, 0.1) is 18.6 Å². The third-order valence-electron chi connectivity index (χ3n) is 5.42. The molecule has 2 saturated heterocycles. The second-order valence-electron chi connectivity index (χ2n) is 7.29. The van der Waals surface area contributed by atoms with Crippen LogP contribution in [0.25, 0.3) is 0 Å². The Bertz CT molecular complexity index is 578. The summed E-state index contributed by atoms with van der Waals surface area (Å²) < 4.78 is 11.4. The average molecular weight is 410 g/mol. The first-order valence-electron chi connectivity index (χ1n) is 9.98. The van der Waals surface area contributed by atoms with Gasteiger partial charge in [0.1, 0.15) is 5.75 Å². The van der Waals surface area contributed by atoms with E-state index in [-0.39, 0.29) is 5.97 Å². The minimum absolute atomic E-state index is 0.0414. The van der Waals surface area contributed by atoms with Crippen molar-refractivity contribution >= 4 is 29.5 Å². The summed E-state index contributed by atoms with van der Waals surface area (Å²) >= 11 is 4.10. The molecule has 0 aromatic heterocycles.